The van der Waals surface area contributed by atoms with Crippen molar-refractivity contribution in [3.63, 3.8) is 0 Å². The van der Waals surface area contributed by atoms with E-state index in [0.29, 0.717) is 23.2 Å². The molecular formula is C11H16ClNO2S3. The van der Waals surface area contributed by atoms with E-state index in [2.05, 4.69) is 13.8 Å². The van der Waals surface area contributed by atoms with Gasteiger partial charge >= 0.3 is 0 Å². The van der Waals surface area contributed by atoms with Gasteiger partial charge < -0.3 is 0 Å². The molecule has 0 saturated carbocycles. The number of hydrogen-bond donors (Lipinski definition) is 0. The fraction of sp³-hybridized carbons (Fsp3) is 0.636. The summed E-state index contributed by atoms with van der Waals surface area (Å²) in [4.78, 5) is 0. The van der Waals surface area contributed by atoms with Gasteiger partial charge in [0.1, 0.15) is 4.21 Å². The molecule has 1 aliphatic rings. The largest absolute Gasteiger partial charge is 0.252 e. The smallest absolute Gasteiger partial charge is 0.206 e. The maximum absolute atomic E-state index is 12.5. The molecular weight excluding hydrogens is 310 g/mol. The summed E-state index contributed by atoms with van der Waals surface area (Å²) in [5.41, 5.74) is 0.867. The van der Waals surface area contributed by atoms with Crippen molar-refractivity contribution in [2.75, 3.05) is 18.8 Å². The summed E-state index contributed by atoms with van der Waals surface area (Å²) in [5, 5.41) is 1.81. The monoisotopic (exact) mass is 325 g/mol. The minimum atomic E-state index is -3.34. The number of nitrogens with zero attached hydrogens (tertiary/aromatic N) is 1. The summed E-state index contributed by atoms with van der Waals surface area (Å²) in [5.74, 6) is 1.20. The van der Waals surface area contributed by atoms with Gasteiger partial charge in [-0.05, 0) is 30.9 Å². The Morgan fingerprint density at radius 3 is 2.78 bits per heavy atom. The minimum Gasteiger partial charge on any atom is -0.206 e. The molecule has 2 heterocycles. The van der Waals surface area contributed by atoms with Crippen LogP contribution in [0.5, 0.6) is 0 Å². The highest BCUT2D eigenvalue weighted by Gasteiger charge is 2.35. The topological polar surface area (TPSA) is 37.4 Å². The van der Waals surface area contributed by atoms with Crippen LogP contribution in [0.2, 0.25) is 0 Å². The summed E-state index contributed by atoms with van der Waals surface area (Å²) >= 11 is 8.79. The molecule has 0 aromatic carbocycles. The van der Waals surface area contributed by atoms with Gasteiger partial charge in [0.25, 0.3) is 10.0 Å². The van der Waals surface area contributed by atoms with Gasteiger partial charge in [-0.2, -0.15) is 16.1 Å². The number of alkyl halides is 1. The number of rotatable bonds is 3. The van der Waals surface area contributed by atoms with E-state index in [-0.39, 0.29) is 4.75 Å². The van der Waals surface area contributed by atoms with Crippen LogP contribution in [-0.4, -0.2) is 36.3 Å². The average Bonchev–Trinajstić information content (AvgIpc) is 2.76. The second kappa shape index (κ2) is 5.32. The summed E-state index contributed by atoms with van der Waals surface area (Å²) in [6.07, 6.45) is 0. The predicted octanol–water partition coefficient (Wildman–Crippen LogP) is 3.00. The van der Waals surface area contributed by atoms with E-state index in [1.807, 2.05) is 17.1 Å². The van der Waals surface area contributed by atoms with Crippen molar-refractivity contribution < 1.29 is 8.42 Å². The van der Waals surface area contributed by atoms with Crippen LogP contribution >= 0.6 is 34.7 Å². The Morgan fingerprint density at radius 1 is 1.50 bits per heavy atom. The Balaban J connectivity index is 2.25. The first-order chi connectivity index (χ1) is 8.35. The molecule has 1 fully saturated rings. The van der Waals surface area contributed by atoms with E-state index < -0.39 is 10.0 Å². The van der Waals surface area contributed by atoms with E-state index in [1.54, 1.807) is 10.4 Å². The standard InChI is InChI=1S/C11H16ClNO2S3/c1-11(2)8-13(3-4-17-11)18(14,15)10-5-9(6-12)7-16-10/h5,7H,3-4,6,8H2,1-2H3. The quantitative estimate of drug-likeness (QED) is 0.802. The summed E-state index contributed by atoms with van der Waals surface area (Å²) in [6.45, 7) is 5.31. The van der Waals surface area contributed by atoms with E-state index in [1.165, 1.54) is 11.3 Å². The third kappa shape index (κ3) is 3.04. The predicted molar refractivity (Wildman–Crippen MR) is 79.2 cm³/mol. The van der Waals surface area contributed by atoms with Crippen molar-refractivity contribution in [1.29, 1.82) is 0 Å². The first-order valence-corrected chi connectivity index (χ1v) is 9.47. The van der Waals surface area contributed by atoms with Gasteiger partial charge in [-0.25, -0.2) is 8.42 Å². The van der Waals surface area contributed by atoms with E-state index in [4.69, 9.17) is 11.6 Å². The molecule has 0 spiro atoms. The summed E-state index contributed by atoms with van der Waals surface area (Å²) in [7, 11) is -3.34. The van der Waals surface area contributed by atoms with Gasteiger partial charge in [0.05, 0.1) is 0 Å². The maximum atomic E-state index is 12.5. The van der Waals surface area contributed by atoms with Crippen LogP contribution in [0.4, 0.5) is 0 Å². The lowest BCUT2D eigenvalue weighted by Gasteiger charge is -2.36. The van der Waals surface area contributed by atoms with E-state index >= 15 is 0 Å². The molecule has 1 aromatic heterocycles. The molecule has 1 saturated heterocycles. The van der Waals surface area contributed by atoms with Crippen molar-refractivity contribution in [2.45, 2.75) is 28.7 Å². The van der Waals surface area contributed by atoms with Crippen molar-refractivity contribution >= 4 is 44.7 Å². The molecule has 3 nitrogen and oxygen atoms in total. The van der Waals surface area contributed by atoms with Gasteiger partial charge in [-0.1, -0.05) is 0 Å². The second-order valence-corrected chi connectivity index (χ2v) is 10.00. The lowest BCUT2D eigenvalue weighted by atomic mass is 10.2. The van der Waals surface area contributed by atoms with Crippen LogP contribution < -0.4 is 0 Å². The van der Waals surface area contributed by atoms with Crippen molar-refractivity contribution in [1.82, 2.24) is 4.31 Å². The van der Waals surface area contributed by atoms with Gasteiger partial charge in [-0.3, -0.25) is 0 Å². The second-order valence-electron chi connectivity index (χ2n) is 4.85. The Bertz CT molecular complexity index is 524. The summed E-state index contributed by atoms with van der Waals surface area (Å²) in [6, 6.07) is 1.68. The molecule has 1 aromatic rings. The first-order valence-electron chi connectivity index (χ1n) is 5.63. The SMILES string of the molecule is CC1(C)CN(S(=O)(=O)c2cc(CCl)cs2)CCS1. The molecule has 1 aliphatic heterocycles. The highest BCUT2D eigenvalue weighted by Crippen LogP contribution is 2.33. The van der Waals surface area contributed by atoms with Crippen LogP contribution in [0.15, 0.2) is 15.7 Å². The number of hydrogen-bond acceptors (Lipinski definition) is 4. The minimum absolute atomic E-state index is 0.0160. The highest BCUT2D eigenvalue weighted by molar-refractivity contribution is 8.00. The first kappa shape index (κ1) is 14.7. The van der Waals surface area contributed by atoms with Crippen molar-refractivity contribution in [3.8, 4) is 0 Å². The zero-order valence-corrected chi connectivity index (χ0v) is 13.6. The number of sulfonamides is 1. The Kier molecular flexibility index (Phi) is 4.33. The molecule has 0 unspecified atom stereocenters. The van der Waals surface area contributed by atoms with Crippen LogP contribution in [0.3, 0.4) is 0 Å². The molecule has 2 rings (SSSR count). The summed E-state index contributed by atoms with van der Waals surface area (Å²) < 4.78 is 27.0. The fourth-order valence-corrected chi connectivity index (χ4v) is 6.38. The molecule has 0 atom stereocenters. The molecule has 0 aliphatic carbocycles. The van der Waals surface area contributed by atoms with Gasteiger partial charge in [-0.15, -0.1) is 22.9 Å². The lowest BCUT2D eigenvalue weighted by Crippen LogP contribution is -2.45. The van der Waals surface area contributed by atoms with Crippen molar-refractivity contribution in [2.24, 2.45) is 0 Å². The average molecular weight is 326 g/mol. The zero-order valence-electron chi connectivity index (χ0n) is 10.3. The molecule has 0 bridgehead atoms. The normalized spacial score (nSPS) is 21.1. The van der Waals surface area contributed by atoms with Crippen LogP contribution in [0, 0.1) is 0 Å². The number of halogens is 1. The van der Waals surface area contributed by atoms with Crippen LogP contribution in [-0.2, 0) is 15.9 Å². The van der Waals surface area contributed by atoms with Crippen LogP contribution in [0.25, 0.3) is 0 Å². The fourth-order valence-electron chi connectivity index (χ4n) is 1.86. The van der Waals surface area contributed by atoms with Gasteiger partial charge in [0.15, 0.2) is 0 Å². The van der Waals surface area contributed by atoms with Gasteiger partial charge in [0, 0.05) is 29.5 Å². The molecule has 102 valence electrons. The number of thiophene rings is 1. The van der Waals surface area contributed by atoms with Crippen LogP contribution in [0.1, 0.15) is 19.4 Å². The Labute approximate surface area is 122 Å². The Morgan fingerprint density at radius 2 is 2.22 bits per heavy atom. The van der Waals surface area contributed by atoms with Crippen molar-refractivity contribution in [3.05, 3.63) is 17.0 Å². The lowest BCUT2D eigenvalue weighted by molar-refractivity contribution is 0.388. The third-order valence-corrected chi connectivity index (χ3v) is 7.68. The zero-order chi connectivity index (χ0) is 13.4. The molecule has 0 N–H and O–H groups in total. The molecule has 0 amide bonds. The molecule has 18 heavy (non-hydrogen) atoms. The van der Waals surface area contributed by atoms with Gasteiger partial charge in [0.2, 0.25) is 0 Å². The third-order valence-electron chi connectivity index (χ3n) is 2.77. The maximum Gasteiger partial charge on any atom is 0.252 e. The highest BCUT2D eigenvalue weighted by atomic mass is 35.5. The molecule has 0 radical (unpaired) electrons. The van der Waals surface area contributed by atoms with E-state index in [9.17, 15) is 8.42 Å². The Hall–Kier alpha value is 0.250. The number of thioether (sulfide) groups is 1. The molecule has 7 heteroatoms. The van der Waals surface area contributed by atoms with E-state index in [0.717, 1.165) is 11.3 Å².